The summed E-state index contributed by atoms with van der Waals surface area (Å²) in [6, 6.07) is 27.7. The third-order valence-electron chi connectivity index (χ3n) is 12.6. The van der Waals surface area contributed by atoms with E-state index in [9.17, 15) is 14.9 Å². The van der Waals surface area contributed by atoms with Gasteiger partial charge in [0.15, 0.2) is 25.7 Å². The summed E-state index contributed by atoms with van der Waals surface area (Å²) < 4.78 is 52.0. The Kier molecular flexibility index (Phi) is 16.7. The summed E-state index contributed by atoms with van der Waals surface area (Å²) in [6.45, 7) is 22.5. The summed E-state index contributed by atoms with van der Waals surface area (Å²) in [5.74, 6) is 0.0482. The molecule has 2 aromatic heterocycles. The molecule has 16 nitrogen and oxygen atoms in total. The second-order valence-corrected chi connectivity index (χ2v) is 25.4. The number of anilines is 1. The summed E-state index contributed by atoms with van der Waals surface area (Å²) >= 11 is 0. The van der Waals surface area contributed by atoms with Crippen molar-refractivity contribution in [3.05, 3.63) is 112 Å². The number of nitrogen functional groups attached to an aromatic ring is 1. The maximum absolute atomic E-state index is 14.0. The summed E-state index contributed by atoms with van der Waals surface area (Å²) in [7, 11) is -1.33. The Hall–Kier alpha value is -5.02. The van der Waals surface area contributed by atoms with Crippen LogP contribution in [0.15, 0.2) is 90.0 Å². The first-order chi connectivity index (χ1) is 32.2. The maximum Gasteiger partial charge on any atom is 0.289 e. The van der Waals surface area contributed by atoms with E-state index >= 15 is 0 Å². The van der Waals surface area contributed by atoms with Crippen molar-refractivity contribution in [2.75, 3.05) is 33.2 Å². The molecule has 366 valence electrons. The van der Waals surface area contributed by atoms with Gasteiger partial charge in [0, 0.05) is 18.0 Å². The van der Waals surface area contributed by atoms with E-state index in [1.165, 1.54) is 6.33 Å². The number of nitrogens with two attached hydrogens (primary N) is 1. The SMILES string of the molecule is COc1ccc(C(OC[C@H]2O[C@@H](n3cnc4c(=O)n(C(=O)C(C)C)c(N)nc43)[C@H](O[Si](C)(C)C(C)(C)C)[C@@H]2OP(OCCC#N)N(C(C)C)C(C)C)(c2ccccc2)c2ccc(OC)cc2)cc1. The van der Waals surface area contributed by atoms with E-state index in [0.29, 0.717) is 11.5 Å². The topological polar surface area (TPSA) is 187 Å². The number of hydrogen-bond donors (Lipinski definition) is 1. The zero-order valence-corrected chi connectivity index (χ0v) is 43.5. The fourth-order valence-corrected chi connectivity index (χ4v) is 11.2. The first-order valence-corrected chi connectivity index (χ1v) is 27.1. The van der Waals surface area contributed by atoms with Crippen molar-refractivity contribution in [3.63, 3.8) is 0 Å². The molecule has 0 radical (unpaired) electrons. The largest absolute Gasteiger partial charge is 0.497 e. The fraction of sp³-hybridized carbons (Fsp3) is 0.500. The first-order valence-electron chi connectivity index (χ1n) is 23.1. The zero-order valence-electron chi connectivity index (χ0n) is 41.6. The van der Waals surface area contributed by atoms with E-state index < -0.39 is 64.4 Å². The van der Waals surface area contributed by atoms with E-state index in [1.54, 1.807) is 32.6 Å². The molecular formula is C50H68N7O9PSi. The van der Waals surface area contributed by atoms with Crippen molar-refractivity contribution >= 4 is 39.9 Å². The van der Waals surface area contributed by atoms with Crippen LogP contribution in [0.3, 0.4) is 0 Å². The van der Waals surface area contributed by atoms with Crippen LogP contribution in [0.25, 0.3) is 11.2 Å². The van der Waals surface area contributed by atoms with Crippen LogP contribution in [0.4, 0.5) is 5.95 Å². The fourth-order valence-electron chi connectivity index (χ4n) is 8.16. The normalized spacial score (nSPS) is 18.5. The number of methoxy groups -OCH3 is 2. The predicted molar refractivity (Wildman–Crippen MR) is 266 cm³/mol. The second kappa shape index (κ2) is 21.7. The molecule has 0 saturated carbocycles. The van der Waals surface area contributed by atoms with Crippen molar-refractivity contribution in [1.82, 2.24) is 23.8 Å². The minimum atomic E-state index is -2.71. The van der Waals surface area contributed by atoms with E-state index in [4.69, 9.17) is 38.2 Å². The zero-order chi connectivity index (χ0) is 49.7. The second-order valence-electron chi connectivity index (χ2n) is 19.3. The third-order valence-corrected chi connectivity index (χ3v) is 19.2. The maximum atomic E-state index is 14.0. The molecule has 0 spiro atoms. The molecule has 6 rings (SSSR count). The Morgan fingerprint density at radius 2 is 1.46 bits per heavy atom. The molecule has 5 atom stereocenters. The number of carbonyl (C=O) groups is 1. The lowest BCUT2D eigenvalue weighted by Crippen LogP contribution is -2.50. The van der Waals surface area contributed by atoms with Crippen LogP contribution in [0, 0.1) is 17.2 Å². The minimum absolute atomic E-state index is 0.0212. The highest BCUT2D eigenvalue weighted by Gasteiger charge is 2.54. The molecule has 3 aromatic carbocycles. The quantitative estimate of drug-likeness (QED) is 0.0336. The van der Waals surface area contributed by atoms with Gasteiger partial charge in [-0.2, -0.15) is 10.2 Å². The van der Waals surface area contributed by atoms with E-state index in [2.05, 4.69) is 82.3 Å². The van der Waals surface area contributed by atoms with Crippen molar-refractivity contribution in [2.24, 2.45) is 5.92 Å². The average molecular weight is 970 g/mol. The van der Waals surface area contributed by atoms with Crippen LogP contribution in [-0.4, -0.2) is 95.8 Å². The number of imidazole rings is 1. The summed E-state index contributed by atoms with van der Waals surface area (Å²) in [6.07, 6.45) is -2.02. The molecule has 1 aliphatic rings. The number of benzene rings is 3. The molecule has 1 fully saturated rings. The monoisotopic (exact) mass is 969 g/mol. The lowest BCUT2D eigenvalue weighted by Gasteiger charge is -2.42. The average Bonchev–Trinajstić information content (AvgIpc) is 3.86. The van der Waals surface area contributed by atoms with Crippen molar-refractivity contribution < 1.29 is 37.2 Å². The van der Waals surface area contributed by atoms with Gasteiger partial charge in [0.05, 0.1) is 46.3 Å². The highest BCUT2D eigenvalue weighted by molar-refractivity contribution is 7.44. The Labute approximate surface area is 402 Å². The first kappa shape index (κ1) is 52.4. The standard InChI is InChI=1S/C50H68N7O9PSi/c1-32(2)45(58)56-46(59)41-44(54-48(56)52)55(31-53-41)47-43(66-68(12,13)49(7,8)9)42(65-67(63-29-17-28-51)57(33(3)4)34(5)6)40(64-47)30-62-50(35-18-15-14-16-19-35,36-20-24-38(60-10)25-21-36)37-22-26-39(61-11)27-23-37/h14-16,18-27,31-34,40,42-43,47H,17,29-30H2,1-13H3,(H2,52,54)/t40-,42-,43-,47-,67?/m1/s1. The molecular weight excluding hydrogens is 902 g/mol. The Morgan fingerprint density at radius 1 is 0.897 bits per heavy atom. The molecule has 1 saturated heterocycles. The van der Waals surface area contributed by atoms with E-state index in [-0.39, 0.29) is 53.9 Å². The van der Waals surface area contributed by atoms with E-state index in [0.717, 1.165) is 21.3 Å². The van der Waals surface area contributed by atoms with Gasteiger partial charge in [-0.25, -0.2) is 14.2 Å². The number of nitrogens with zero attached hydrogens (tertiary/aromatic N) is 6. The van der Waals surface area contributed by atoms with Crippen molar-refractivity contribution in [2.45, 2.75) is 129 Å². The van der Waals surface area contributed by atoms with Gasteiger partial charge in [-0.15, -0.1) is 0 Å². The number of ether oxygens (including phenoxy) is 4. The Balaban J connectivity index is 1.60. The summed E-state index contributed by atoms with van der Waals surface area (Å²) in [5.41, 5.74) is 7.04. The van der Waals surface area contributed by atoms with Gasteiger partial charge in [-0.05, 0) is 86.8 Å². The summed E-state index contributed by atoms with van der Waals surface area (Å²) in [4.78, 5) is 36.5. The van der Waals surface area contributed by atoms with Crippen LogP contribution in [-0.2, 0) is 28.5 Å². The third kappa shape index (κ3) is 10.7. The van der Waals surface area contributed by atoms with Crippen molar-refractivity contribution in [1.29, 1.82) is 5.26 Å². The minimum Gasteiger partial charge on any atom is -0.497 e. The van der Waals surface area contributed by atoms with Crippen LogP contribution >= 0.6 is 8.53 Å². The van der Waals surface area contributed by atoms with Crippen LogP contribution in [0.5, 0.6) is 11.5 Å². The molecule has 18 heteroatoms. The molecule has 68 heavy (non-hydrogen) atoms. The highest BCUT2D eigenvalue weighted by atomic mass is 31.2. The van der Waals surface area contributed by atoms with E-state index in [1.807, 2.05) is 78.9 Å². The molecule has 1 aliphatic heterocycles. The van der Waals surface area contributed by atoms with Gasteiger partial charge in [0.2, 0.25) is 11.9 Å². The van der Waals surface area contributed by atoms with Gasteiger partial charge >= 0.3 is 0 Å². The van der Waals surface area contributed by atoms with Crippen molar-refractivity contribution in [3.8, 4) is 17.6 Å². The molecule has 0 amide bonds. The van der Waals surface area contributed by atoms with Gasteiger partial charge in [-0.3, -0.25) is 14.2 Å². The number of carbonyl (C=O) groups excluding carboxylic acids is 1. The van der Waals surface area contributed by atoms with Crippen LogP contribution in [0.2, 0.25) is 18.1 Å². The van der Waals surface area contributed by atoms with Gasteiger partial charge in [0.25, 0.3) is 14.1 Å². The lowest BCUT2D eigenvalue weighted by molar-refractivity contribution is -0.0926. The van der Waals surface area contributed by atoms with Crippen LogP contribution < -0.4 is 20.8 Å². The lowest BCUT2D eigenvalue weighted by atomic mass is 9.80. The summed E-state index contributed by atoms with van der Waals surface area (Å²) in [5, 5.41) is 9.35. The molecule has 0 aliphatic carbocycles. The molecule has 2 N–H and O–H groups in total. The number of rotatable bonds is 20. The molecule has 3 heterocycles. The highest BCUT2D eigenvalue weighted by Crippen LogP contribution is 2.53. The van der Waals surface area contributed by atoms with Gasteiger partial charge in [0.1, 0.15) is 35.4 Å². The Bertz CT molecular complexity index is 2520. The molecule has 5 aromatic rings. The molecule has 0 bridgehead atoms. The predicted octanol–water partition coefficient (Wildman–Crippen LogP) is 9.45. The van der Waals surface area contributed by atoms with Crippen LogP contribution in [0.1, 0.15) is 96.4 Å². The molecule has 1 unspecified atom stereocenters. The smallest absolute Gasteiger partial charge is 0.289 e. The van der Waals surface area contributed by atoms with Gasteiger partial charge in [-0.1, -0.05) is 89.2 Å². The number of fused-ring (bicyclic) bond motifs is 1. The number of nitriles is 1. The number of aromatic nitrogens is 4. The number of hydrogen-bond acceptors (Lipinski definition) is 14. The Morgan fingerprint density at radius 3 is 1.96 bits per heavy atom. The van der Waals surface area contributed by atoms with Gasteiger partial charge < -0.3 is 38.2 Å².